The van der Waals surface area contributed by atoms with Gasteiger partial charge in [-0.1, -0.05) is 19.4 Å². The number of carbonyl (C=O) groups is 2. The SMILES string of the molecule is CCCCN(CC(=O)N(Cc1cccn1C)C1CC1)C(=O)Nc1cccc(F)c1. The first-order chi connectivity index (χ1) is 14.0. The zero-order valence-corrected chi connectivity index (χ0v) is 17.1. The molecule has 0 unspecified atom stereocenters. The van der Waals surface area contributed by atoms with Crippen LogP contribution in [0.5, 0.6) is 0 Å². The van der Waals surface area contributed by atoms with Gasteiger partial charge in [-0.25, -0.2) is 9.18 Å². The molecule has 0 atom stereocenters. The molecule has 2 aromatic rings. The lowest BCUT2D eigenvalue weighted by Crippen LogP contribution is -2.45. The van der Waals surface area contributed by atoms with E-state index in [1.165, 1.54) is 17.0 Å². The van der Waals surface area contributed by atoms with Crippen molar-refractivity contribution in [1.29, 1.82) is 0 Å². The number of aromatic nitrogens is 1. The number of halogens is 1. The Hall–Kier alpha value is -2.83. The van der Waals surface area contributed by atoms with E-state index in [-0.39, 0.29) is 24.5 Å². The summed E-state index contributed by atoms with van der Waals surface area (Å²) in [5, 5.41) is 2.71. The molecule has 1 saturated carbocycles. The third kappa shape index (κ3) is 5.82. The molecule has 1 aliphatic carbocycles. The number of nitrogens with one attached hydrogen (secondary N) is 1. The number of nitrogens with zero attached hydrogens (tertiary/aromatic N) is 3. The average Bonchev–Trinajstić information content (AvgIpc) is 3.45. The van der Waals surface area contributed by atoms with Gasteiger partial charge >= 0.3 is 6.03 Å². The number of aryl methyl sites for hydroxylation is 1. The van der Waals surface area contributed by atoms with Crippen LogP contribution in [0.2, 0.25) is 0 Å². The molecule has 1 aliphatic rings. The second-order valence-corrected chi connectivity index (χ2v) is 7.58. The van der Waals surface area contributed by atoms with Crippen LogP contribution in [-0.4, -0.2) is 45.4 Å². The molecule has 7 heteroatoms. The third-order valence-corrected chi connectivity index (χ3v) is 5.16. The van der Waals surface area contributed by atoms with Crippen LogP contribution in [0.15, 0.2) is 42.6 Å². The van der Waals surface area contributed by atoms with E-state index >= 15 is 0 Å². The molecular weight excluding hydrogens is 371 g/mol. The van der Waals surface area contributed by atoms with E-state index in [9.17, 15) is 14.0 Å². The Morgan fingerprint density at radius 1 is 1.24 bits per heavy atom. The molecule has 1 aromatic carbocycles. The summed E-state index contributed by atoms with van der Waals surface area (Å²) in [5.74, 6) is -0.472. The quantitative estimate of drug-likeness (QED) is 0.692. The first kappa shape index (κ1) is 20.9. The van der Waals surface area contributed by atoms with Gasteiger partial charge in [0.25, 0.3) is 0 Å². The predicted molar refractivity (Wildman–Crippen MR) is 111 cm³/mol. The fraction of sp³-hybridized carbons (Fsp3) is 0.455. The van der Waals surface area contributed by atoms with Gasteiger partial charge in [-0.2, -0.15) is 0 Å². The highest BCUT2D eigenvalue weighted by molar-refractivity contribution is 5.92. The maximum Gasteiger partial charge on any atom is 0.322 e. The maximum atomic E-state index is 13.4. The number of urea groups is 1. The summed E-state index contributed by atoms with van der Waals surface area (Å²) in [4.78, 5) is 29.2. The van der Waals surface area contributed by atoms with Crippen LogP contribution in [0.1, 0.15) is 38.3 Å². The molecule has 1 aromatic heterocycles. The highest BCUT2D eigenvalue weighted by atomic mass is 19.1. The largest absolute Gasteiger partial charge is 0.353 e. The lowest BCUT2D eigenvalue weighted by molar-refractivity contribution is -0.133. The van der Waals surface area contributed by atoms with Crippen molar-refractivity contribution in [3.05, 3.63) is 54.1 Å². The number of hydrogen-bond donors (Lipinski definition) is 1. The van der Waals surface area contributed by atoms with Gasteiger partial charge in [0.05, 0.1) is 6.54 Å². The Bertz CT molecular complexity index is 847. The van der Waals surface area contributed by atoms with Crippen LogP contribution < -0.4 is 5.32 Å². The number of benzene rings is 1. The fourth-order valence-electron chi connectivity index (χ4n) is 3.27. The van der Waals surface area contributed by atoms with Gasteiger partial charge in [0, 0.05) is 37.2 Å². The predicted octanol–water partition coefficient (Wildman–Crippen LogP) is 3.99. The first-order valence-electron chi connectivity index (χ1n) is 10.2. The first-order valence-corrected chi connectivity index (χ1v) is 10.2. The standard InChI is InChI=1S/C22H29FN4O2/c1-3-4-13-26(22(29)24-18-8-5-7-17(23)14-18)16-21(28)27(19-10-11-19)15-20-9-6-12-25(20)2/h5-9,12,14,19H,3-4,10-11,13,15-16H2,1-2H3,(H,24,29). The Morgan fingerprint density at radius 3 is 2.66 bits per heavy atom. The molecular formula is C22H29FN4O2. The van der Waals surface area contributed by atoms with Crippen LogP contribution in [0, 0.1) is 5.82 Å². The van der Waals surface area contributed by atoms with Crippen molar-refractivity contribution < 1.29 is 14.0 Å². The number of hydrogen-bond acceptors (Lipinski definition) is 2. The smallest absolute Gasteiger partial charge is 0.322 e. The molecule has 0 aliphatic heterocycles. The number of carbonyl (C=O) groups excluding carboxylic acids is 2. The molecule has 6 nitrogen and oxygen atoms in total. The number of amides is 3. The minimum atomic E-state index is -0.415. The third-order valence-electron chi connectivity index (χ3n) is 5.16. The molecule has 0 bridgehead atoms. The molecule has 3 rings (SSSR count). The zero-order chi connectivity index (χ0) is 20.8. The summed E-state index contributed by atoms with van der Waals surface area (Å²) < 4.78 is 15.4. The number of unbranched alkanes of at least 4 members (excludes halogenated alkanes) is 1. The zero-order valence-electron chi connectivity index (χ0n) is 17.1. The molecule has 1 N–H and O–H groups in total. The van der Waals surface area contributed by atoms with E-state index in [1.807, 2.05) is 41.8 Å². The normalized spacial score (nSPS) is 13.2. The van der Waals surface area contributed by atoms with Gasteiger partial charge in [0.1, 0.15) is 12.4 Å². The van der Waals surface area contributed by atoms with E-state index in [0.29, 0.717) is 18.8 Å². The summed E-state index contributed by atoms with van der Waals surface area (Å²) in [6.45, 7) is 3.07. The van der Waals surface area contributed by atoms with Crippen molar-refractivity contribution in [1.82, 2.24) is 14.4 Å². The van der Waals surface area contributed by atoms with Crippen LogP contribution in [0.25, 0.3) is 0 Å². The monoisotopic (exact) mass is 400 g/mol. The lowest BCUT2D eigenvalue weighted by atomic mass is 10.3. The van der Waals surface area contributed by atoms with Crippen molar-refractivity contribution >= 4 is 17.6 Å². The van der Waals surface area contributed by atoms with Crippen molar-refractivity contribution in [2.45, 2.75) is 45.2 Å². The minimum Gasteiger partial charge on any atom is -0.353 e. The molecule has 0 spiro atoms. The fourth-order valence-corrected chi connectivity index (χ4v) is 3.27. The van der Waals surface area contributed by atoms with Gasteiger partial charge in [0.15, 0.2) is 0 Å². The summed E-state index contributed by atoms with van der Waals surface area (Å²) in [7, 11) is 1.96. The van der Waals surface area contributed by atoms with Gasteiger partial charge in [-0.15, -0.1) is 0 Å². The van der Waals surface area contributed by atoms with E-state index < -0.39 is 5.82 Å². The maximum absolute atomic E-state index is 13.4. The molecule has 156 valence electrons. The Balaban J connectivity index is 1.67. The summed E-state index contributed by atoms with van der Waals surface area (Å²) in [5.41, 5.74) is 1.45. The van der Waals surface area contributed by atoms with Crippen molar-refractivity contribution in [2.24, 2.45) is 7.05 Å². The van der Waals surface area contributed by atoms with Crippen LogP contribution in [0.3, 0.4) is 0 Å². The van der Waals surface area contributed by atoms with Gasteiger partial charge in [-0.05, 0) is 49.6 Å². The number of rotatable bonds is 9. The van der Waals surface area contributed by atoms with Crippen LogP contribution in [-0.2, 0) is 18.4 Å². The van der Waals surface area contributed by atoms with E-state index in [1.54, 1.807) is 12.1 Å². The second-order valence-electron chi connectivity index (χ2n) is 7.58. The van der Waals surface area contributed by atoms with E-state index in [4.69, 9.17) is 0 Å². The summed E-state index contributed by atoms with van der Waals surface area (Å²) >= 11 is 0. The summed E-state index contributed by atoms with van der Waals surface area (Å²) in [6, 6.07) is 9.60. The lowest BCUT2D eigenvalue weighted by Gasteiger charge is -2.28. The number of anilines is 1. The van der Waals surface area contributed by atoms with Crippen molar-refractivity contribution in [2.75, 3.05) is 18.4 Å². The Morgan fingerprint density at radius 2 is 2.03 bits per heavy atom. The minimum absolute atomic E-state index is 0.0159. The second kappa shape index (κ2) is 9.58. The molecule has 3 amide bonds. The average molecular weight is 400 g/mol. The van der Waals surface area contributed by atoms with Crippen molar-refractivity contribution in [3.63, 3.8) is 0 Å². The molecule has 29 heavy (non-hydrogen) atoms. The van der Waals surface area contributed by atoms with Gasteiger partial charge in [-0.3, -0.25) is 4.79 Å². The topological polar surface area (TPSA) is 57.6 Å². The van der Waals surface area contributed by atoms with E-state index in [0.717, 1.165) is 31.4 Å². The van der Waals surface area contributed by atoms with Gasteiger partial charge < -0.3 is 19.7 Å². The molecule has 0 saturated heterocycles. The van der Waals surface area contributed by atoms with Crippen LogP contribution in [0.4, 0.5) is 14.9 Å². The highest BCUT2D eigenvalue weighted by Gasteiger charge is 2.34. The highest BCUT2D eigenvalue weighted by Crippen LogP contribution is 2.28. The summed E-state index contributed by atoms with van der Waals surface area (Å²) in [6.07, 6.45) is 5.67. The van der Waals surface area contributed by atoms with Gasteiger partial charge in [0.2, 0.25) is 5.91 Å². The Labute approximate surface area is 171 Å². The Kier molecular flexibility index (Phi) is 6.90. The molecule has 0 radical (unpaired) electrons. The van der Waals surface area contributed by atoms with Crippen LogP contribution >= 0.6 is 0 Å². The molecule has 1 heterocycles. The van der Waals surface area contributed by atoms with E-state index in [2.05, 4.69) is 5.32 Å². The molecule has 1 fully saturated rings. The van der Waals surface area contributed by atoms with Crippen molar-refractivity contribution in [3.8, 4) is 0 Å².